The minimum Gasteiger partial charge on any atom is -0.481 e. The summed E-state index contributed by atoms with van der Waals surface area (Å²) >= 11 is 1.11. The molecular formula is C10H19N3O9S. The predicted molar refractivity (Wildman–Crippen MR) is 77.1 cm³/mol. The van der Waals surface area contributed by atoms with Crippen molar-refractivity contribution in [3.05, 3.63) is 0 Å². The van der Waals surface area contributed by atoms with Crippen molar-refractivity contribution in [2.24, 2.45) is 11.5 Å². The van der Waals surface area contributed by atoms with E-state index in [1.807, 2.05) is 0 Å². The first-order valence-electron chi connectivity index (χ1n) is 5.91. The van der Waals surface area contributed by atoms with Crippen LogP contribution in [0.2, 0.25) is 0 Å². The third kappa shape index (κ3) is 13.5. The predicted octanol–water partition coefficient (Wildman–Crippen LogP) is -2.56. The Morgan fingerprint density at radius 1 is 0.870 bits per heavy atom. The Labute approximate surface area is 134 Å². The second-order valence-electron chi connectivity index (χ2n) is 4.04. The highest BCUT2D eigenvalue weighted by Gasteiger charge is 2.19. The zero-order valence-corrected chi connectivity index (χ0v) is 12.6. The lowest BCUT2D eigenvalue weighted by molar-refractivity contribution is -0.148. The number of carbonyl (C=O) groups is 4. The second-order valence-corrected chi connectivity index (χ2v) is 5.12. The first-order valence-corrected chi connectivity index (χ1v) is 7.07. The molecule has 0 saturated carbocycles. The highest BCUT2D eigenvalue weighted by molar-refractivity contribution is 7.99. The fourth-order valence-corrected chi connectivity index (χ4v) is 1.76. The molecule has 10 N–H and O–H groups in total. The number of carboxylic acids is 4. The highest BCUT2D eigenvalue weighted by Crippen LogP contribution is 2.03. The fraction of sp³-hybridized carbons (Fsp3) is 0.600. The third-order valence-corrected chi connectivity index (χ3v) is 3.25. The molecule has 0 amide bonds. The maximum absolute atomic E-state index is 10.2. The summed E-state index contributed by atoms with van der Waals surface area (Å²) in [5, 5.41) is 41.0. The van der Waals surface area contributed by atoms with Gasteiger partial charge in [0.2, 0.25) is 0 Å². The molecule has 0 aliphatic carbocycles. The van der Waals surface area contributed by atoms with Crippen LogP contribution in [0.4, 0.5) is 0 Å². The Kier molecular flexibility index (Phi) is 12.8. The van der Waals surface area contributed by atoms with Crippen molar-refractivity contribution in [2.75, 3.05) is 11.5 Å². The Morgan fingerprint density at radius 2 is 1.26 bits per heavy atom. The van der Waals surface area contributed by atoms with Crippen LogP contribution in [0.25, 0.3) is 0 Å². The average Bonchev–Trinajstić information content (AvgIpc) is 2.44. The van der Waals surface area contributed by atoms with Crippen LogP contribution in [0.1, 0.15) is 6.42 Å². The quantitative estimate of drug-likeness (QED) is 0.188. The van der Waals surface area contributed by atoms with Crippen LogP contribution in [0, 0.1) is 0 Å². The summed E-state index contributed by atoms with van der Waals surface area (Å²) < 4.78 is 0. The molecule has 0 aromatic rings. The topological polar surface area (TPSA) is 233 Å². The van der Waals surface area contributed by atoms with Gasteiger partial charge < -0.3 is 37.1 Å². The van der Waals surface area contributed by atoms with Crippen molar-refractivity contribution in [1.82, 2.24) is 5.48 Å². The molecule has 0 fully saturated rings. The molecule has 3 atom stereocenters. The number of nitrogens with one attached hydrogen (secondary N) is 1. The summed E-state index contributed by atoms with van der Waals surface area (Å²) in [7, 11) is 0. The monoisotopic (exact) mass is 357 g/mol. The molecule has 23 heavy (non-hydrogen) atoms. The van der Waals surface area contributed by atoms with Gasteiger partial charge in [-0.3, -0.25) is 19.2 Å². The number of hydrogen-bond acceptors (Lipinski definition) is 9. The smallest absolute Gasteiger partial charge is 0.323 e. The minimum absolute atomic E-state index is 0.163. The van der Waals surface area contributed by atoms with Crippen LogP contribution in [-0.2, 0) is 19.2 Å². The Bertz CT molecular complexity index is 400. The molecule has 0 heterocycles. The van der Waals surface area contributed by atoms with Crippen molar-refractivity contribution >= 4 is 35.6 Å². The van der Waals surface area contributed by atoms with Gasteiger partial charge in [0, 0.05) is 11.5 Å². The Morgan fingerprint density at radius 3 is 1.43 bits per heavy atom. The van der Waals surface area contributed by atoms with E-state index in [2.05, 4.69) is 0 Å². The van der Waals surface area contributed by atoms with Gasteiger partial charge in [-0.2, -0.15) is 17.2 Å². The van der Waals surface area contributed by atoms with Gasteiger partial charge in [-0.15, -0.1) is 0 Å². The first kappa shape index (κ1) is 23.3. The molecule has 13 heteroatoms. The molecule has 134 valence electrons. The van der Waals surface area contributed by atoms with Crippen LogP contribution in [-0.4, -0.2) is 79.1 Å². The molecule has 0 rings (SSSR count). The van der Waals surface area contributed by atoms with Gasteiger partial charge in [-0.05, 0) is 0 Å². The Balaban J connectivity index is 0. The van der Waals surface area contributed by atoms with Gasteiger partial charge in [0.1, 0.15) is 18.1 Å². The molecule has 0 aliphatic rings. The summed E-state index contributed by atoms with van der Waals surface area (Å²) in [6.07, 6.45) is -0.647. The second kappa shape index (κ2) is 12.6. The summed E-state index contributed by atoms with van der Waals surface area (Å²) in [6.45, 7) is 0. The van der Waals surface area contributed by atoms with Gasteiger partial charge in [0.05, 0.1) is 6.42 Å². The van der Waals surface area contributed by atoms with Crippen molar-refractivity contribution in [1.29, 1.82) is 0 Å². The van der Waals surface area contributed by atoms with Gasteiger partial charge in [0.25, 0.3) is 0 Å². The fourth-order valence-electron chi connectivity index (χ4n) is 0.827. The largest absolute Gasteiger partial charge is 0.481 e. The van der Waals surface area contributed by atoms with Crippen LogP contribution in [0.5, 0.6) is 0 Å². The van der Waals surface area contributed by atoms with Crippen molar-refractivity contribution in [2.45, 2.75) is 24.5 Å². The molecular weight excluding hydrogens is 338 g/mol. The van der Waals surface area contributed by atoms with Gasteiger partial charge >= 0.3 is 23.9 Å². The molecule has 0 unspecified atom stereocenters. The summed E-state index contributed by atoms with van der Waals surface area (Å²) in [6, 6.07) is -3.37. The normalized spacial score (nSPS) is 13.9. The summed E-state index contributed by atoms with van der Waals surface area (Å²) in [5.74, 6) is -4.56. The lowest BCUT2D eigenvalue weighted by atomic mass is 10.2. The number of hydroxylamine groups is 1. The highest BCUT2D eigenvalue weighted by atomic mass is 32.2. The van der Waals surface area contributed by atoms with E-state index in [0.29, 0.717) is 0 Å². The number of nitrogens with two attached hydrogens (primary N) is 2. The molecule has 0 saturated heterocycles. The van der Waals surface area contributed by atoms with E-state index in [9.17, 15) is 19.2 Å². The van der Waals surface area contributed by atoms with Crippen LogP contribution >= 0.6 is 11.8 Å². The van der Waals surface area contributed by atoms with Crippen LogP contribution in [0.3, 0.4) is 0 Å². The standard InChI is InChI=1S/C6H12N2O4S.C4H7NO5/c7-3(5(9)10)1-13-2-4(8)6(11)12;6-3(7)1-2(5-10)4(8)9/h3-4H,1-2,7-8H2,(H,9,10)(H,11,12);2,5,10H,1H2,(H,6,7)(H,8,9)/t3-,4-;2-/m00/s1. The van der Waals surface area contributed by atoms with E-state index >= 15 is 0 Å². The van der Waals surface area contributed by atoms with E-state index in [1.165, 1.54) is 5.48 Å². The van der Waals surface area contributed by atoms with Crippen molar-refractivity contribution in [3.63, 3.8) is 0 Å². The Hall–Kier alpha value is -1.93. The van der Waals surface area contributed by atoms with E-state index < -0.39 is 48.4 Å². The zero-order valence-electron chi connectivity index (χ0n) is 11.8. The zero-order chi connectivity index (χ0) is 18.6. The van der Waals surface area contributed by atoms with E-state index in [4.69, 9.17) is 37.1 Å². The molecule has 0 aromatic heterocycles. The van der Waals surface area contributed by atoms with E-state index in [-0.39, 0.29) is 11.5 Å². The molecule has 0 radical (unpaired) electrons. The van der Waals surface area contributed by atoms with Crippen molar-refractivity contribution in [3.8, 4) is 0 Å². The molecule has 12 nitrogen and oxygen atoms in total. The number of aliphatic carboxylic acids is 4. The first-order chi connectivity index (χ1) is 10.5. The lowest BCUT2D eigenvalue weighted by Crippen LogP contribution is -2.36. The number of rotatable bonds is 10. The molecule has 0 spiro atoms. The maximum Gasteiger partial charge on any atom is 0.323 e. The van der Waals surface area contributed by atoms with Crippen molar-refractivity contribution < 1.29 is 44.8 Å². The van der Waals surface area contributed by atoms with Gasteiger partial charge in [-0.1, -0.05) is 0 Å². The van der Waals surface area contributed by atoms with Crippen LogP contribution < -0.4 is 16.9 Å². The number of thioether (sulfide) groups is 1. The minimum atomic E-state index is -1.43. The molecule has 0 bridgehead atoms. The summed E-state index contributed by atoms with van der Waals surface area (Å²) in [5.41, 5.74) is 11.7. The average molecular weight is 357 g/mol. The van der Waals surface area contributed by atoms with Gasteiger partial charge in [-0.25, -0.2) is 0 Å². The number of hydrogen-bond donors (Lipinski definition) is 8. The third-order valence-electron chi connectivity index (χ3n) is 2.06. The van der Waals surface area contributed by atoms with Crippen LogP contribution in [0.15, 0.2) is 0 Å². The van der Waals surface area contributed by atoms with E-state index in [1.54, 1.807) is 0 Å². The number of carboxylic acid groups (broad SMARTS) is 4. The molecule has 0 aromatic carbocycles. The van der Waals surface area contributed by atoms with Gasteiger partial charge in [0.15, 0.2) is 0 Å². The lowest BCUT2D eigenvalue weighted by Gasteiger charge is -2.07. The summed E-state index contributed by atoms with van der Waals surface area (Å²) in [4.78, 5) is 40.3. The molecule has 0 aliphatic heterocycles. The van der Waals surface area contributed by atoms with E-state index in [0.717, 1.165) is 11.8 Å². The maximum atomic E-state index is 10.2. The SMILES string of the molecule is N[C@@H](CSC[C@H](N)C(=O)O)C(=O)O.O=C(O)C[C@H](NO)C(=O)O.